The van der Waals surface area contributed by atoms with Crippen LogP contribution in [0.4, 0.5) is 10.5 Å². The van der Waals surface area contributed by atoms with Crippen molar-refractivity contribution in [2.45, 2.75) is 13.2 Å². The van der Waals surface area contributed by atoms with Gasteiger partial charge in [0.1, 0.15) is 6.61 Å². The zero-order valence-corrected chi connectivity index (χ0v) is 14.5. The molecule has 3 aromatic rings. The minimum Gasteiger partial charge on any atom is -0.444 e. The van der Waals surface area contributed by atoms with Crippen molar-refractivity contribution in [3.8, 4) is 0 Å². The van der Waals surface area contributed by atoms with Gasteiger partial charge in [-0.2, -0.15) is 5.10 Å². The molecule has 0 radical (unpaired) electrons. The summed E-state index contributed by atoms with van der Waals surface area (Å²) in [6, 6.07) is 15.4. The van der Waals surface area contributed by atoms with E-state index < -0.39 is 6.09 Å². The van der Waals surface area contributed by atoms with Crippen LogP contribution in [0.25, 0.3) is 10.9 Å². The highest BCUT2D eigenvalue weighted by molar-refractivity contribution is 5.92. The van der Waals surface area contributed by atoms with Gasteiger partial charge in [0.15, 0.2) is 0 Å². The predicted octanol–water partition coefficient (Wildman–Crippen LogP) is 4.55. The Bertz CT molecular complexity index is 915. The number of rotatable bonds is 7. The van der Waals surface area contributed by atoms with Crippen LogP contribution in [0.2, 0.25) is 0 Å². The molecule has 0 bridgehead atoms. The van der Waals surface area contributed by atoms with Crippen LogP contribution in [-0.4, -0.2) is 22.4 Å². The molecule has 0 atom stereocenters. The summed E-state index contributed by atoms with van der Waals surface area (Å²) in [4.78, 5) is 14.1. The lowest BCUT2D eigenvalue weighted by Crippen LogP contribution is -2.31. The van der Waals surface area contributed by atoms with Crippen molar-refractivity contribution in [3.05, 3.63) is 85.6 Å². The van der Waals surface area contributed by atoms with E-state index in [1.54, 1.807) is 23.2 Å². The van der Waals surface area contributed by atoms with E-state index in [0.717, 1.165) is 22.2 Å². The maximum Gasteiger partial charge on any atom is 0.414 e. The third-order valence-corrected chi connectivity index (χ3v) is 3.98. The van der Waals surface area contributed by atoms with E-state index in [0.29, 0.717) is 13.1 Å². The zero-order valence-electron chi connectivity index (χ0n) is 14.5. The van der Waals surface area contributed by atoms with Crippen LogP contribution in [0.1, 0.15) is 5.56 Å². The van der Waals surface area contributed by atoms with E-state index in [2.05, 4.69) is 18.3 Å². The summed E-state index contributed by atoms with van der Waals surface area (Å²) < 4.78 is 7.32. The molecule has 1 heterocycles. The summed E-state index contributed by atoms with van der Waals surface area (Å²) in [5, 5.41) is 5.30. The molecule has 2 aromatic carbocycles. The molecule has 5 heteroatoms. The number of benzene rings is 2. The van der Waals surface area contributed by atoms with Crippen molar-refractivity contribution in [2.24, 2.45) is 0 Å². The number of anilines is 1. The van der Waals surface area contributed by atoms with Crippen molar-refractivity contribution >= 4 is 22.7 Å². The fourth-order valence-corrected chi connectivity index (χ4v) is 2.72. The second kappa shape index (κ2) is 8.16. The summed E-state index contributed by atoms with van der Waals surface area (Å²) >= 11 is 0. The highest BCUT2D eigenvalue weighted by Crippen LogP contribution is 2.23. The van der Waals surface area contributed by atoms with Gasteiger partial charge in [-0.1, -0.05) is 42.5 Å². The summed E-state index contributed by atoms with van der Waals surface area (Å²) in [5.74, 6) is 0. The first-order valence-electron chi connectivity index (χ1n) is 8.38. The van der Waals surface area contributed by atoms with Crippen molar-refractivity contribution in [2.75, 3.05) is 11.4 Å². The van der Waals surface area contributed by atoms with Crippen LogP contribution < -0.4 is 4.90 Å². The van der Waals surface area contributed by atoms with Crippen molar-refractivity contribution < 1.29 is 9.53 Å². The monoisotopic (exact) mass is 347 g/mol. The molecule has 0 aliphatic heterocycles. The van der Waals surface area contributed by atoms with Crippen molar-refractivity contribution in [1.29, 1.82) is 0 Å². The molecule has 0 aliphatic carbocycles. The van der Waals surface area contributed by atoms with E-state index in [1.807, 2.05) is 53.2 Å². The number of ether oxygens (including phenoxy) is 1. The molecule has 0 fully saturated rings. The fourth-order valence-electron chi connectivity index (χ4n) is 2.72. The van der Waals surface area contributed by atoms with Crippen molar-refractivity contribution in [1.82, 2.24) is 9.78 Å². The normalized spacial score (nSPS) is 10.5. The Hall–Kier alpha value is -3.34. The SMILES string of the molecule is C=CCN(C(=O)OCc1ccccc1)c1ccc2c(cnn2CC=C)c1. The van der Waals surface area contributed by atoms with E-state index in [4.69, 9.17) is 4.74 Å². The topological polar surface area (TPSA) is 47.4 Å². The Balaban J connectivity index is 1.80. The molecule has 26 heavy (non-hydrogen) atoms. The number of aromatic nitrogens is 2. The van der Waals surface area contributed by atoms with Gasteiger partial charge in [-0.25, -0.2) is 4.79 Å². The van der Waals surface area contributed by atoms with Gasteiger partial charge in [-0.15, -0.1) is 13.2 Å². The van der Waals surface area contributed by atoms with Gasteiger partial charge in [0.2, 0.25) is 0 Å². The number of allylic oxidation sites excluding steroid dienone is 1. The average molecular weight is 347 g/mol. The maximum atomic E-state index is 12.6. The summed E-state index contributed by atoms with van der Waals surface area (Å²) in [6.07, 6.45) is 4.84. The lowest BCUT2D eigenvalue weighted by Gasteiger charge is -2.21. The minimum absolute atomic E-state index is 0.229. The first-order chi connectivity index (χ1) is 12.7. The predicted molar refractivity (Wildman–Crippen MR) is 104 cm³/mol. The maximum absolute atomic E-state index is 12.6. The van der Waals surface area contributed by atoms with Crippen LogP contribution in [0.15, 0.2) is 80.0 Å². The van der Waals surface area contributed by atoms with E-state index in [1.165, 1.54) is 0 Å². The van der Waals surface area contributed by atoms with E-state index >= 15 is 0 Å². The van der Waals surface area contributed by atoms with Gasteiger partial charge >= 0.3 is 6.09 Å². The zero-order chi connectivity index (χ0) is 18.4. The Labute approximate surface area is 152 Å². The smallest absolute Gasteiger partial charge is 0.414 e. The number of fused-ring (bicyclic) bond motifs is 1. The highest BCUT2D eigenvalue weighted by Gasteiger charge is 2.17. The van der Waals surface area contributed by atoms with Gasteiger partial charge in [-0.05, 0) is 23.8 Å². The number of hydrogen-bond acceptors (Lipinski definition) is 3. The van der Waals surface area contributed by atoms with Gasteiger partial charge in [0.25, 0.3) is 0 Å². The lowest BCUT2D eigenvalue weighted by atomic mass is 10.2. The Morgan fingerprint density at radius 1 is 1.15 bits per heavy atom. The fraction of sp³-hybridized carbons (Fsp3) is 0.143. The van der Waals surface area contributed by atoms with Crippen LogP contribution in [-0.2, 0) is 17.9 Å². The first-order valence-corrected chi connectivity index (χ1v) is 8.38. The molecule has 1 aromatic heterocycles. The molecule has 0 spiro atoms. The third-order valence-electron chi connectivity index (χ3n) is 3.98. The first kappa shape index (κ1) is 17.5. The average Bonchev–Trinajstić information content (AvgIpc) is 3.07. The number of hydrogen-bond donors (Lipinski definition) is 0. The van der Waals surface area contributed by atoms with Crippen LogP contribution in [0.5, 0.6) is 0 Å². The molecule has 3 rings (SSSR count). The van der Waals surface area contributed by atoms with Crippen LogP contribution in [0.3, 0.4) is 0 Å². The van der Waals surface area contributed by atoms with Crippen molar-refractivity contribution in [3.63, 3.8) is 0 Å². The van der Waals surface area contributed by atoms with Crippen LogP contribution >= 0.6 is 0 Å². The molecule has 0 saturated heterocycles. The summed E-state index contributed by atoms with van der Waals surface area (Å²) in [5.41, 5.74) is 2.68. The van der Waals surface area contributed by atoms with E-state index in [-0.39, 0.29) is 6.61 Å². The lowest BCUT2D eigenvalue weighted by molar-refractivity contribution is 0.148. The molecule has 132 valence electrons. The Morgan fingerprint density at radius 2 is 1.96 bits per heavy atom. The quantitative estimate of drug-likeness (QED) is 0.589. The van der Waals surface area contributed by atoms with Gasteiger partial charge in [0, 0.05) is 17.6 Å². The molecule has 0 aliphatic rings. The molecule has 0 saturated carbocycles. The molecule has 5 nitrogen and oxygen atoms in total. The number of carbonyl (C=O) groups excluding carboxylic acids is 1. The van der Waals surface area contributed by atoms with E-state index in [9.17, 15) is 4.79 Å². The van der Waals surface area contributed by atoms with Gasteiger partial charge in [-0.3, -0.25) is 9.58 Å². The second-order valence-electron chi connectivity index (χ2n) is 5.80. The highest BCUT2D eigenvalue weighted by atomic mass is 16.6. The third kappa shape index (κ3) is 3.83. The molecule has 0 unspecified atom stereocenters. The van der Waals surface area contributed by atoms with Crippen LogP contribution in [0, 0.1) is 0 Å². The number of carbonyl (C=O) groups is 1. The van der Waals surface area contributed by atoms with Gasteiger partial charge < -0.3 is 4.74 Å². The molecule has 0 N–H and O–H groups in total. The molecular weight excluding hydrogens is 326 g/mol. The van der Waals surface area contributed by atoms with Gasteiger partial charge in [0.05, 0.1) is 18.3 Å². The molecular formula is C21H21N3O2. The molecule has 1 amide bonds. The number of amides is 1. The standard InChI is InChI=1S/C21H21N3O2/c1-3-12-23(21(25)26-16-17-8-6-5-7-9-17)19-10-11-20-18(14-19)15-22-24(20)13-4-2/h3-11,14-15H,1-2,12-13,16H2. The summed E-state index contributed by atoms with van der Waals surface area (Å²) in [7, 11) is 0. The summed E-state index contributed by atoms with van der Waals surface area (Å²) in [6.45, 7) is 8.71. The minimum atomic E-state index is -0.411. The Kier molecular flexibility index (Phi) is 5.49. The second-order valence-corrected chi connectivity index (χ2v) is 5.80. The number of nitrogens with zero attached hydrogens (tertiary/aromatic N) is 3. The largest absolute Gasteiger partial charge is 0.444 e. The Morgan fingerprint density at radius 3 is 2.69 bits per heavy atom.